The number of carbonyl (C=O) groups is 1. The third kappa shape index (κ3) is 3.66. The number of alkyl halides is 2. The molecule has 0 aliphatic heterocycles. The number of rotatable bonds is 3. The van der Waals surface area contributed by atoms with Gasteiger partial charge in [0, 0.05) is 11.3 Å². The molecule has 0 atom stereocenters. The van der Waals surface area contributed by atoms with Gasteiger partial charge in [-0.15, -0.1) is 0 Å². The van der Waals surface area contributed by atoms with E-state index in [9.17, 15) is 4.79 Å². The third-order valence-corrected chi connectivity index (χ3v) is 1.60. The lowest BCUT2D eigenvalue weighted by molar-refractivity contribution is 0.112. The van der Waals surface area contributed by atoms with Crippen LogP contribution in [0.25, 0.3) is 0 Å². The Morgan fingerprint density at radius 2 is 1.85 bits per heavy atom. The molecule has 70 valence electrons. The third-order valence-electron chi connectivity index (χ3n) is 1.41. The van der Waals surface area contributed by atoms with E-state index in [1.165, 1.54) is 0 Å². The highest BCUT2D eigenvalue weighted by molar-refractivity contribution is 6.49. The summed E-state index contributed by atoms with van der Waals surface area (Å²) in [6.07, 6.45) is 0.782. The van der Waals surface area contributed by atoms with Crippen LogP contribution in [0.5, 0.6) is 0 Å². The van der Waals surface area contributed by atoms with Crippen LogP contribution < -0.4 is 5.32 Å². The summed E-state index contributed by atoms with van der Waals surface area (Å²) in [4.78, 5) is 10.3. The quantitative estimate of drug-likeness (QED) is 0.479. The molecule has 2 nitrogen and oxygen atoms in total. The fraction of sp³-hybridized carbons (Fsp3) is 0.222. The molecule has 0 saturated carbocycles. The lowest BCUT2D eigenvalue weighted by Crippen LogP contribution is -2.19. The zero-order valence-electron chi connectivity index (χ0n) is 7.05. The molecule has 13 heavy (non-hydrogen) atoms. The molecule has 1 N–H and O–H groups in total. The zero-order chi connectivity index (χ0) is 9.90. The van der Waals surface area contributed by atoms with Crippen molar-refractivity contribution in [3.8, 4) is 0 Å². The average molecular weight is 218 g/mol. The Labute approximate surface area is 86.8 Å². The Morgan fingerprint density at radius 1 is 1.31 bits per heavy atom. The molecule has 0 heterocycles. The second kappa shape index (κ2) is 3.99. The van der Waals surface area contributed by atoms with Gasteiger partial charge in [0.2, 0.25) is 0 Å². The van der Waals surface area contributed by atoms with Crippen molar-refractivity contribution in [3.05, 3.63) is 29.8 Å². The van der Waals surface area contributed by atoms with Gasteiger partial charge in [0.1, 0.15) is 6.29 Å². The van der Waals surface area contributed by atoms with E-state index in [0.29, 0.717) is 5.56 Å². The molecule has 0 aliphatic rings. The fourth-order valence-electron chi connectivity index (χ4n) is 0.898. The molecule has 0 bridgehead atoms. The Hall–Kier alpha value is -0.730. The summed E-state index contributed by atoms with van der Waals surface area (Å²) in [7, 11) is 0. The molecule has 4 heteroatoms. The standard InChI is InChI=1S/C9H9Cl2NO/c1-9(10,11)12-8-4-2-7(6-13)3-5-8/h2-6,12H,1H3. The van der Waals surface area contributed by atoms with Gasteiger partial charge >= 0.3 is 0 Å². The van der Waals surface area contributed by atoms with Crippen molar-refractivity contribution in [2.45, 2.75) is 11.4 Å². The molecule has 0 saturated heterocycles. The smallest absolute Gasteiger partial charge is 0.185 e. The predicted molar refractivity (Wildman–Crippen MR) is 55.6 cm³/mol. The summed E-state index contributed by atoms with van der Waals surface area (Å²) >= 11 is 11.5. The van der Waals surface area contributed by atoms with Crippen molar-refractivity contribution in [2.75, 3.05) is 5.32 Å². The first-order valence-corrected chi connectivity index (χ1v) is 4.48. The number of hydrogen-bond donors (Lipinski definition) is 1. The van der Waals surface area contributed by atoms with E-state index in [1.807, 2.05) is 0 Å². The van der Waals surface area contributed by atoms with Gasteiger partial charge in [0.05, 0.1) is 0 Å². The van der Waals surface area contributed by atoms with Crippen LogP contribution in [0.1, 0.15) is 17.3 Å². The van der Waals surface area contributed by atoms with Gasteiger partial charge in [-0.2, -0.15) is 0 Å². The second-order valence-electron chi connectivity index (χ2n) is 2.75. The lowest BCUT2D eigenvalue weighted by Gasteiger charge is -2.16. The molecular formula is C9H9Cl2NO. The number of anilines is 1. The van der Waals surface area contributed by atoms with E-state index >= 15 is 0 Å². The highest BCUT2D eigenvalue weighted by Crippen LogP contribution is 2.22. The summed E-state index contributed by atoms with van der Waals surface area (Å²) in [6, 6.07) is 6.86. The number of nitrogens with one attached hydrogen (secondary N) is 1. The largest absolute Gasteiger partial charge is 0.355 e. The number of aldehydes is 1. The van der Waals surface area contributed by atoms with Crippen LogP contribution in [-0.2, 0) is 0 Å². The van der Waals surface area contributed by atoms with Gasteiger partial charge in [0.15, 0.2) is 4.46 Å². The number of hydrogen-bond acceptors (Lipinski definition) is 2. The fourth-order valence-corrected chi connectivity index (χ4v) is 1.12. The second-order valence-corrected chi connectivity index (χ2v) is 4.46. The number of benzene rings is 1. The van der Waals surface area contributed by atoms with Gasteiger partial charge in [0.25, 0.3) is 0 Å². The summed E-state index contributed by atoms with van der Waals surface area (Å²) < 4.78 is -0.997. The summed E-state index contributed by atoms with van der Waals surface area (Å²) in [5.74, 6) is 0. The van der Waals surface area contributed by atoms with Crippen LogP contribution >= 0.6 is 23.2 Å². The SMILES string of the molecule is CC(Cl)(Cl)Nc1ccc(C=O)cc1. The van der Waals surface area contributed by atoms with Gasteiger partial charge < -0.3 is 5.32 Å². The number of carbonyl (C=O) groups excluding carboxylic acids is 1. The maximum atomic E-state index is 10.3. The van der Waals surface area contributed by atoms with Crippen molar-refractivity contribution >= 4 is 35.2 Å². The minimum atomic E-state index is -0.997. The molecular weight excluding hydrogens is 209 g/mol. The van der Waals surface area contributed by atoms with Gasteiger partial charge in [-0.3, -0.25) is 4.79 Å². The maximum absolute atomic E-state index is 10.3. The lowest BCUT2D eigenvalue weighted by atomic mass is 10.2. The molecule has 0 spiro atoms. The first kappa shape index (κ1) is 10.4. The van der Waals surface area contributed by atoms with Crippen molar-refractivity contribution in [1.29, 1.82) is 0 Å². The van der Waals surface area contributed by atoms with Crippen LogP contribution in [0.15, 0.2) is 24.3 Å². The van der Waals surface area contributed by atoms with E-state index in [4.69, 9.17) is 23.2 Å². The Kier molecular flexibility index (Phi) is 3.17. The minimum absolute atomic E-state index is 0.622. The van der Waals surface area contributed by atoms with Crippen molar-refractivity contribution in [1.82, 2.24) is 0 Å². The molecule has 0 amide bonds. The van der Waals surface area contributed by atoms with Crippen LogP contribution in [0, 0.1) is 0 Å². The molecule has 0 unspecified atom stereocenters. The first-order valence-electron chi connectivity index (χ1n) is 3.72. The summed E-state index contributed by atoms with van der Waals surface area (Å²) in [6.45, 7) is 1.63. The first-order chi connectivity index (χ1) is 6.01. The summed E-state index contributed by atoms with van der Waals surface area (Å²) in [5, 5.41) is 2.85. The minimum Gasteiger partial charge on any atom is -0.355 e. The zero-order valence-corrected chi connectivity index (χ0v) is 8.56. The van der Waals surface area contributed by atoms with E-state index in [1.54, 1.807) is 31.2 Å². The Balaban J connectivity index is 2.75. The Bertz CT molecular complexity index is 289. The predicted octanol–water partition coefficient (Wildman–Crippen LogP) is 3.06. The number of halogens is 2. The normalized spacial score (nSPS) is 11.0. The van der Waals surface area contributed by atoms with Crippen LogP contribution in [-0.4, -0.2) is 10.7 Å². The van der Waals surface area contributed by atoms with Crippen LogP contribution in [0.3, 0.4) is 0 Å². The van der Waals surface area contributed by atoms with Crippen LogP contribution in [0.4, 0.5) is 5.69 Å². The van der Waals surface area contributed by atoms with Gasteiger partial charge in [-0.25, -0.2) is 0 Å². The highest BCUT2D eigenvalue weighted by Gasteiger charge is 2.14. The average Bonchev–Trinajstić information content (AvgIpc) is 2.03. The van der Waals surface area contributed by atoms with Crippen molar-refractivity contribution in [2.24, 2.45) is 0 Å². The molecule has 0 radical (unpaired) electrons. The topological polar surface area (TPSA) is 29.1 Å². The van der Waals surface area contributed by atoms with E-state index in [2.05, 4.69) is 5.32 Å². The summed E-state index contributed by atoms with van der Waals surface area (Å²) in [5.41, 5.74) is 1.40. The van der Waals surface area contributed by atoms with E-state index < -0.39 is 4.46 Å². The molecule has 0 aromatic heterocycles. The molecule has 1 aromatic rings. The van der Waals surface area contributed by atoms with Crippen LogP contribution in [0.2, 0.25) is 0 Å². The van der Waals surface area contributed by atoms with Gasteiger partial charge in [-0.1, -0.05) is 23.2 Å². The van der Waals surface area contributed by atoms with Gasteiger partial charge in [-0.05, 0) is 31.2 Å². The van der Waals surface area contributed by atoms with E-state index in [0.717, 1.165) is 12.0 Å². The van der Waals surface area contributed by atoms with Crippen molar-refractivity contribution in [3.63, 3.8) is 0 Å². The van der Waals surface area contributed by atoms with Crippen molar-refractivity contribution < 1.29 is 4.79 Å². The highest BCUT2D eigenvalue weighted by atomic mass is 35.5. The molecule has 1 rings (SSSR count). The Morgan fingerprint density at radius 3 is 2.23 bits per heavy atom. The molecule has 0 fully saturated rings. The molecule has 0 aliphatic carbocycles. The maximum Gasteiger partial charge on any atom is 0.185 e. The van der Waals surface area contributed by atoms with E-state index in [-0.39, 0.29) is 0 Å². The molecule has 1 aromatic carbocycles. The monoisotopic (exact) mass is 217 g/mol.